The summed E-state index contributed by atoms with van der Waals surface area (Å²) in [5, 5.41) is 0.776. The lowest BCUT2D eigenvalue weighted by atomic mass is 10.2. The molecule has 0 aromatic heterocycles. The number of thiocarbonyl (C=S) groups is 1. The first-order valence-electron chi connectivity index (χ1n) is 9.64. The van der Waals surface area contributed by atoms with Gasteiger partial charge in [0, 0.05) is 10.2 Å². The Balaban J connectivity index is 1.47. The molecular weight excluding hydrogens is 588 g/mol. The zero-order valence-electron chi connectivity index (χ0n) is 16.3. The van der Waals surface area contributed by atoms with Crippen LogP contribution in [0.4, 0.5) is 0 Å². The van der Waals surface area contributed by atoms with Gasteiger partial charge in [-0.05, 0) is 76.9 Å². The van der Waals surface area contributed by atoms with Crippen molar-refractivity contribution in [3.8, 4) is 5.75 Å². The highest BCUT2D eigenvalue weighted by atomic mass is 127. The standard InChI is InChI=1S/C22H18Cl2INO3S2/c23-17-8-14(9-18(24)20(17)29-12-13-3-5-15(25)6-4-13)10-19-21(27)26(22(30)31-19)11-16-2-1-7-28-16/h3-6,8-10,16H,1-2,7,11-12H2/b19-10-/t16-/m0/s1. The number of carbonyl (C=O) groups excluding carboxylic acids is 1. The van der Waals surface area contributed by atoms with Crippen molar-refractivity contribution in [2.45, 2.75) is 25.6 Å². The van der Waals surface area contributed by atoms with Crippen LogP contribution >= 0.6 is 69.8 Å². The van der Waals surface area contributed by atoms with Gasteiger partial charge in [0.1, 0.15) is 10.9 Å². The Morgan fingerprint density at radius 1 is 1.26 bits per heavy atom. The van der Waals surface area contributed by atoms with Gasteiger partial charge in [-0.1, -0.05) is 59.3 Å². The molecule has 31 heavy (non-hydrogen) atoms. The third-order valence-corrected chi connectivity index (χ3v) is 7.56. The van der Waals surface area contributed by atoms with Crippen LogP contribution in [0.5, 0.6) is 5.75 Å². The second kappa shape index (κ2) is 10.4. The molecule has 0 bridgehead atoms. The lowest BCUT2D eigenvalue weighted by molar-refractivity contribution is -0.123. The summed E-state index contributed by atoms with van der Waals surface area (Å²) in [4.78, 5) is 15.0. The minimum absolute atomic E-state index is 0.0512. The molecule has 0 N–H and O–H groups in total. The molecule has 2 fully saturated rings. The van der Waals surface area contributed by atoms with Crippen LogP contribution in [0, 0.1) is 3.57 Å². The number of halogens is 3. The quantitative estimate of drug-likeness (QED) is 0.212. The molecular formula is C22H18Cl2INO3S2. The number of hydrogen-bond donors (Lipinski definition) is 0. The molecule has 0 saturated carbocycles. The minimum Gasteiger partial charge on any atom is -0.486 e. The molecule has 9 heteroatoms. The predicted molar refractivity (Wildman–Crippen MR) is 139 cm³/mol. The molecule has 0 aliphatic carbocycles. The maximum absolute atomic E-state index is 12.8. The Kier molecular flexibility index (Phi) is 7.82. The van der Waals surface area contributed by atoms with Gasteiger partial charge < -0.3 is 9.47 Å². The van der Waals surface area contributed by atoms with Crippen molar-refractivity contribution in [1.82, 2.24) is 4.90 Å². The van der Waals surface area contributed by atoms with Gasteiger partial charge in [-0.3, -0.25) is 9.69 Å². The molecule has 1 amide bonds. The highest BCUT2D eigenvalue weighted by molar-refractivity contribution is 14.1. The minimum atomic E-state index is -0.114. The Morgan fingerprint density at radius 3 is 2.61 bits per heavy atom. The fraction of sp³-hybridized carbons (Fsp3) is 0.273. The van der Waals surface area contributed by atoms with E-state index in [-0.39, 0.29) is 12.0 Å². The van der Waals surface area contributed by atoms with Crippen molar-refractivity contribution >= 4 is 86.1 Å². The number of thioether (sulfide) groups is 1. The van der Waals surface area contributed by atoms with Crippen LogP contribution in [-0.2, 0) is 16.1 Å². The predicted octanol–water partition coefficient (Wildman–Crippen LogP) is 6.56. The van der Waals surface area contributed by atoms with Gasteiger partial charge >= 0.3 is 0 Å². The average molecular weight is 606 g/mol. The van der Waals surface area contributed by atoms with E-state index in [0.29, 0.717) is 43.7 Å². The largest absolute Gasteiger partial charge is 0.486 e. The maximum atomic E-state index is 12.8. The molecule has 0 unspecified atom stereocenters. The van der Waals surface area contributed by atoms with Crippen LogP contribution in [0.3, 0.4) is 0 Å². The second-order valence-electron chi connectivity index (χ2n) is 7.16. The van der Waals surface area contributed by atoms with E-state index >= 15 is 0 Å². The number of nitrogens with zero attached hydrogens (tertiary/aromatic N) is 1. The van der Waals surface area contributed by atoms with E-state index in [1.165, 1.54) is 11.8 Å². The number of hydrogen-bond acceptors (Lipinski definition) is 5. The molecule has 2 heterocycles. The monoisotopic (exact) mass is 605 g/mol. The van der Waals surface area contributed by atoms with Crippen molar-refractivity contribution in [3.63, 3.8) is 0 Å². The number of amides is 1. The summed E-state index contributed by atoms with van der Waals surface area (Å²) in [6.45, 7) is 1.59. The fourth-order valence-corrected chi connectivity index (χ4v) is 5.59. The molecule has 4 rings (SSSR count). The smallest absolute Gasteiger partial charge is 0.266 e. The number of ether oxygens (including phenoxy) is 2. The Hall–Kier alpha value is -0.840. The molecule has 0 spiro atoms. The summed E-state index contributed by atoms with van der Waals surface area (Å²) in [6.07, 6.45) is 3.78. The van der Waals surface area contributed by atoms with Crippen molar-refractivity contribution in [3.05, 3.63) is 66.0 Å². The lowest BCUT2D eigenvalue weighted by Crippen LogP contribution is -2.35. The van der Waals surface area contributed by atoms with Crippen LogP contribution in [0.15, 0.2) is 41.3 Å². The van der Waals surface area contributed by atoms with Crippen molar-refractivity contribution in [2.24, 2.45) is 0 Å². The Labute approximate surface area is 214 Å². The first-order chi connectivity index (χ1) is 14.9. The van der Waals surface area contributed by atoms with E-state index in [0.717, 1.165) is 28.6 Å². The molecule has 4 nitrogen and oxygen atoms in total. The van der Waals surface area contributed by atoms with Gasteiger partial charge in [0.15, 0.2) is 5.75 Å². The lowest BCUT2D eigenvalue weighted by Gasteiger charge is -2.18. The first-order valence-corrected chi connectivity index (χ1v) is 12.7. The molecule has 2 aromatic rings. The van der Waals surface area contributed by atoms with Crippen molar-refractivity contribution < 1.29 is 14.3 Å². The SMILES string of the molecule is O=C1/C(=C/c2cc(Cl)c(OCc3ccc(I)cc3)c(Cl)c2)SC(=S)N1C[C@@H]1CCCO1. The highest BCUT2D eigenvalue weighted by Gasteiger charge is 2.34. The summed E-state index contributed by atoms with van der Waals surface area (Å²) in [5.74, 6) is 0.307. The van der Waals surface area contributed by atoms with E-state index in [1.54, 1.807) is 23.1 Å². The summed E-state index contributed by atoms with van der Waals surface area (Å²) in [7, 11) is 0. The Bertz CT molecular complexity index is 1020. The van der Waals surface area contributed by atoms with E-state index in [1.807, 2.05) is 24.3 Å². The summed E-state index contributed by atoms with van der Waals surface area (Å²) < 4.78 is 13.2. The van der Waals surface area contributed by atoms with Crippen LogP contribution in [0.2, 0.25) is 10.0 Å². The Morgan fingerprint density at radius 2 is 1.97 bits per heavy atom. The molecule has 2 aliphatic rings. The molecule has 162 valence electrons. The summed E-state index contributed by atoms with van der Waals surface area (Å²) >= 11 is 21.8. The third kappa shape index (κ3) is 5.75. The molecule has 2 aliphatic heterocycles. The second-order valence-corrected chi connectivity index (χ2v) is 10.9. The van der Waals surface area contributed by atoms with Crippen molar-refractivity contribution in [1.29, 1.82) is 0 Å². The van der Waals surface area contributed by atoms with Crippen LogP contribution < -0.4 is 4.74 Å². The van der Waals surface area contributed by atoms with Crippen LogP contribution in [-0.4, -0.2) is 34.4 Å². The van der Waals surface area contributed by atoms with E-state index in [2.05, 4.69) is 22.6 Å². The normalized spacial score (nSPS) is 20.2. The van der Waals surface area contributed by atoms with E-state index in [4.69, 9.17) is 44.9 Å². The molecule has 0 radical (unpaired) electrons. The number of rotatable bonds is 6. The molecule has 1 atom stereocenters. The van der Waals surface area contributed by atoms with Gasteiger partial charge in [-0.15, -0.1) is 0 Å². The van der Waals surface area contributed by atoms with Gasteiger partial charge in [0.25, 0.3) is 5.91 Å². The van der Waals surface area contributed by atoms with Gasteiger partial charge in [0.05, 0.1) is 27.6 Å². The van der Waals surface area contributed by atoms with E-state index < -0.39 is 0 Å². The van der Waals surface area contributed by atoms with Crippen molar-refractivity contribution in [2.75, 3.05) is 13.2 Å². The van der Waals surface area contributed by atoms with Crippen LogP contribution in [0.1, 0.15) is 24.0 Å². The summed E-state index contributed by atoms with van der Waals surface area (Å²) in [5.41, 5.74) is 1.74. The average Bonchev–Trinajstić information content (AvgIpc) is 3.33. The zero-order chi connectivity index (χ0) is 22.0. The maximum Gasteiger partial charge on any atom is 0.266 e. The zero-order valence-corrected chi connectivity index (χ0v) is 21.6. The van der Waals surface area contributed by atoms with E-state index in [9.17, 15) is 4.79 Å². The first kappa shape index (κ1) is 23.3. The van der Waals surface area contributed by atoms with Gasteiger partial charge in [-0.25, -0.2) is 0 Å². The van der Waals surface area contributed by atoms with Gasteiger partial charge in [0.2, 0.25) is 0 Å². The van der Waals surface area contributed by atoms with Gasteiger partial charge in [-0.2, -0.15) is 0 Å². The number of carbonyl (C=O) groups is 1. The number of benzene rings is 2. The summed E-state index contributed by atoms with van der Waals surface area (Å²) in [6, 6.07) is 11.5. The highest BCUT2D eigenvalue weighted by Crippen LogP contribution is 2.38. The van der Waals surface area contributed by atoms with Crippen LogP contribution in [0.25, 0.3) is 6.08 Å². The fourth-order valence-electron chi connectivity index (χ4n) is 3.34. The topological polar surface area (TPSA) is 38.8 Å². The molecule has 2 saturated heterocycles. The molecule has 2 aromatic carbocycles. The third-order valence-electron chi connectivity index (χ3n) is 4.90.